The van der Waals surface area contributed by atoms with E-state index in [1.807, 2.05) is 19.9 Å². The molecule has 104 valence electrons. The minimum absolute atomic E-state index is 0.0227. The molecule has 2 N–H and O–H groups in total. The molecule has 0 spiro atoms. The Morgan fingerprint density at radius 3 is 2.58 bits per heavy atom. The summed E-state index contributed by atoms with van der Waals surface area (Å²) in [6.45, 7) is 4.61. The maximum absolute atomic E-state index is 12.2. The molecule has 0 aromatic heterocycles. The van der Waals surface area contributed by atoms with Crippen molar-refractivity contribution in [3.8, 4) is 5.75 Å². The molecule has 0 aliphatic heterocycles. The standard InChI is InChI=1S/C15H22N2O2/c1-10-7-11(2)12(13(8-10)19-4)9-17(3)14(18)15(16)5-6-15/h7-8H,5-6,9,16H2,1-4H3. The van der Waals surface area contributed by atoms with Crippen LogP contribution in [-0.2, 0) is 11.3 Å². The third-order valence-electron chi connectivity index (χ3n) is 3.75. The number of methoxy groups -OCH3 is 1. The van der Waals surface area contributed by atoms with Gasteiger partial charge in [0.1, 0.15) is 5.75 Å². The molecule has 1 aliphatic carbocycles. The van der Waals surface area contributed by atoms with E-state index in [9.17, 15) is 4.79 Å². The Balaban J connectivity index is 2.21. The van der Waals surface area contributed by atoms with Crippen molar-refractivity contribution >= 4 is 5.91 Å². The smallest absolute Gasteiger partial charge is 0.242 e. The topological polar surface area (TPSA) is 55.6 Å². The van der Waals surface area contributed by atoms with Crippen LogP contribution in [0, 0.1) is 13.8 Å². The van der Waals surface area contributed by atoms with Gasteiger partial charge in [-0.3, -0.25) is 4.79 Å². The van der Waals surface area contributed by atoms with Crippen molar-refractivity contribution < 1.29 is 9.53 Å². The van der Waals surface area contributed by atoms with Gasteiger partial charge in [-0.15, -0.1) is 0 Å². The molecule has 2 rings (SSSR count). The minimum Gasteiger partial charge on any atom is -0.496 e. The second-order valence-electron chi connectivity index (χ2n) is 5.58. The SMILES string of the molecule is COc1cc(C)cc(C)c1CN(C)C(=O)C1(N)CC1. The second kappa shape index (κ2) is 4.85. The van der Waals surface area contributed by atoms with Gasteiger partial charge in [-0.25, -0.2) is 0 Å². The Kier molecular flexibility index (Phi) is 3.54. The number of carbonyl (C=O) groups is 1. The van der Waals surface area contributed by atoms with Gasteiger partial charge in [-0.05, 0) is 43.9 Å². The van der Waals surface area contributed by atoms with Crippen LogP contribution in [0.15, 0.2) is 12.1 Å². The van der Waals surface area contributed by atoms with E-state index in [1.54, 1.807) is 19.1 Å². The van der Waals surface area contributed by atoms with Crippen LogP contribution in [-0.4, -0.2) is 30.5 Å². The average Bonchev–Trinajstić information content (AvgIpc) is 3.10. The summed E-state index contributed by atoms with van der Waals surface area (Å²) in [7, 11) is 3.46. The predicted molar refractivity (Wildman–Crippen MR) is 75.1 cm³/mol. The van der Waals surface area contributed by atoms with Crippen molar-refractivity contribution in [2.75, 3.05) is 14.2 Å². The van der Waals surface area contributed by atoms with Crippen LogP contribution in [0.2, 0.25) is 0 Å². The maximum Gasteiger partial charge on any atom is 0.242 e. The van der Waals surface area contributed by atoms with E-state index in [4.69, 9.17) is 10.5 Å². The summed E-state index contributed by atoms with van der Waals surface area (Å²) in [4.78, 5) is 13.9. The highest BCUT2D eigenvalue weighted by Crippen LogP contribution is 2.35. The molecule has 0 unspecified atom stereocenters. The molecule has 1 aromatic rings. The van der Waals surface area contributed by atoms with Crippen LogP contribution in [0.5, 0.6) is 5.75 Å². The molecule has 0 saturated heterocycles. The zero-order valence-electron chi connectivity index (χ0n) is 12.1. The van der Waals surface area contributed by atoms with Crippen molar-refractivity contribution in [3.63, 3.8) is 0 Å². The fourth-order valence-electron chi connectivity index (χ4n) is 2.38. The number of nitrogens with zero attached hydrogens (tertiary/aromatic N) is 1. The van der Waals surface area contributed by atoms with E-state index >= 15 is 0 Å². The third-order valence-corrected chi connectivity index (χ3v) is 3.75. The molecular weight excluding hydrogens is 240 g/mol. The lowest BCUT2D eigenvalue weighted by Crippen LogP contribution is -2.43. The summed E-state index contributed by atoms with van der Waals surface area (Å²) >= 11 is 0. The number of hydrogen-bond acceptors (Lipinski definition) is 3. The van der Waals surface area contributed by atoms with Crippen LogP contribution in [0.4, 0.5) is 0 Å². The molecule has 1 aromatic carbocycles. The molecule has 19 heavy (non-hydrogen) atoms. The van der Waals surface area contributed by atoms with Gasteiger partial charge in [0.25, 0.3) is 0 Å². The first-order valence-corrected chi connectivity index (χ1v) is 6.56. The lowest BCUT2D eigenvalue weighted by atomic mass is 10.0. The predicted octanol–water partition coefficient (Wildman–Crippen LogP) is 1.76. The number of amides is 1. The van der Waals surface area contributed by atoms with E-state index in [2.05, 4.69) is 6.07 Å². The van der Waals surface area contributed by atoms with E-state index in [0.717, 1.165) is 35.3 Å². The first kappa shape index (κ1) is 13.9. The van der Waals surface area contributed by atoms with Crippen LogP contribution >= 0.6 is 0 Å². The molecule has 0 atom stereocenters. The van der Waals surface area contributed by atoms with Gasteiger partial charge >= 0.3 is 0 Å². The minimum atomic E-state index is -0.611. The van der Waals surface area contributed by atoms with E-state index in [-0.39, 0.29) is 5.91 Å². The summed E-state index contributed by atoms with van der Waals surface area (Å²) < 4.78 is 5.42. The fraction of sp³-hybridized carbons (Fsp3) is 0.533. The highest BCUT2D eigenvalue weighted by atomic mass is 16.5. The molecule has 0 heterocycles. The van der Waals surface area contributed by atoms with E-state index in [0.29, 0.717) is 6.54 Å². The highest BCUT2D eigenvalue weighted by molar-refractivity contribution is 5.88. The van der Waals surface area contributed by atoms with Crippen LogP contribution in [0.1, 0.15) is 29.5 Å². The summed E-state index contributed by atoms with van der Waals surface area (Å²) in [6, 6.07) is 4.10. The first-order valence-electron chi connectivity index (χ1n) is 6.56. The molecular formula is C15H22N2O2. The lowest BCUT2D eigenvalue weighted by molar-refractivity contribution is -0.132. The Bertz CT molecular complexity index is 507. The zero-order valence-corrected chi connectivity index (χ0v) is 12.1. The maximum atomic E-state index is 12.2. The second-order valence-corrected chi connectivity index (χ2v) is 5.58. The van der Waals surface area contributed by atoms with Gasteiger partial charge in [0.2, 0.25) is 5.91 Å². The molecule has 4 heteroatoms. The number of aryl methyl sites for hydroxylation is 2. The largest absolute Gasteiger partial charge is 0.496 e. The van der Waals surface area contributed by atoms with Gasteiger partial charge < -0.3 is 15.4 Å². The van der Waals surface area contributed by atoms with Crippen LogP contribution < -0.4 is 10.5 Å². The number of carbonyl (C=O) groups excluding carboxylic acids is 1. The Morgan fingerprint density at radius 2 is 2.05 bits per heavy atom. The molecule has 1 aliphatic rings. The van der Waals surface area contributed by atoms with Crippen molar-refractivity contribution in [3.05, 3.63) is 28.8 Å². The lowest BCUT2D eigenvalue weighted by Gasteiger charge is -2.23. The molecule has 0 radical (unpaired) electrons. The summed E-state index contributed by atoms with van der Waals surface area (Å²) in [6.07, 6.45) is 1.58. The molecule has 1 amide bonds. The fourth-order valence-corrected chi connectivity index (χ4v) is 2.38. The summed E-state index contributed by atoms with van der Waals surface area (Å²) in [5, 5.41) is 0. The van der Waals surface area contributed by atoms with Gasteiger partial charge in [0, 0.05) is 19.2 Å². The van der Waals surface area contributed by atoms with E-state index in [1.165, 1.54) is 0 Å². The van der Waals surface area contributed by atoms with Crippen molar-refractivity contribution in [2.45, 2.75) is 38.8 Å². The number of likely N-dealkylation sites (N-methyl/N-ethyl adjacent to an activating group) is 1. The number of nitrogens with two attached hydrogens (primary N) is 1. The number of hydrogen-bond donors (Lipinski definition) is 1. The Morgan fingerprint density at radius 1 is 1.42 bits per heavy atom. The quantitative estimate of drug-likeness (QED) is 0.899. The van der Waals surface area contributed by atoms with Crippen LogP contribution in [0.3, 0.4) is 0 Å². The summed E-state index contributed by atoms with van der Waals surface area (Å²) in [5.41, 5.74) is 8.69. The van der Waals surface area contributed by atoms with Crippen molar-refractivity contribution in [2.24, 2.45) is 5.73 Å². The first-order chi connectivity index (χ1) is 8.87. The van der Waals surface area contributed by atoms with Crippen molar-refractivity contribution in [1.82, 2.24) is 4.90 Å². The molecule has 4 nitrogen and oxygen atoms in total. The monoisotopic (exact) mass is 262 g/mol. The average molecular weight is 262 g/mol. The van der Waals surface area contributed by atoms with Gasteiger partial charge in [0.05, 0.1) is 12.6 Å². The molecule has 1 saturated carbocycles. The zero-order chi connectivity index (χ0) is 14.2. The van der Waals surface area contributed by atoms with Crippen molar-refractivity contribution in [1.29, 1.82) is 0 Å². The van der Waals surface area contributed by atoms with Gasteiger partial charge in [0.15, 0.2) is 0 Å². The van der Waals surface area contributed by atoms with E-state index < -0.39 is 5.54 Å². The number of rotatable bonds is 4. The molecule has 0 bridgehead atoms. The van der Waals surface area contributed by atoms with Crippen LogP contribution in [0.25, 0.3) is 0 Å². The number of benzene rings is 1. The Hall–Kier alpha value is -1.55. The highest BCUT2D eigenvalue weighted by Gasteiger charge is 2.47. The Labute approximate surface area is 114 Å². The third kappa shape index (κ3) is 2.73. The summed E-state index contributed by atoms with van der Waals surface area (Å²) in [5.74, 6) is 0.855. The normalized spacial score (nSPS) is 16.1. The number of ether oxygens (including phenoxy) is 1. The van der Waals surface area contributed by atoms with Gasteiger partial charge in [-0.2, -0.15) is 0 Å². The van der Waals surface area contributed by atoms with Gasteiger partial charge in [-0.1, -0.05) is 6.07 Å². The molecule has 1 fully saturated rings.